The smallest absolute Gasteiger partial charge is 0.302 e. The molecular formula is C25H42O2. The van der Waals surface area contributed by atoms with E-state index < -0.39 is 0 Å². The van der Waals surface area contributed by atoms with Gasteiger partial charge in [-0.15, -0.1) is 0 Å². The first-order valence-corrected chi connectivity index (χ1v) is 11.0. The number of aryl methyl sites for hydroxylation is 1. The van der Waals surface area contributed by atoms with E-state index >= 15 is 0 Å². The molecule has 0 N–H and O–H groups in total. The molecule has 2 nitrogen and oxygen atoms in total. The average Bonchev–Trinajstić information content (AvgIpc) is 2.59. The molecule has 154 valence electrons. The van der Waals surface area contributed by atoms with Crippen LogP contribution in [0.5, 0.6) is 0 Å². The number of hydrogen-bond acceptors (Lipinski definition) is 2. The van der Waals surface area contributed by atoms with Gasteiger partial charge in [0.15, 0.2) is 0 Å². The van der Waals surface area contributed by atoms with Crippen LogP contribution in [0.1, 0.15) is 96.3 Å². The number of carbonyl (C=O) groups is 1. The molecule has 0 heterocycles. The highest BCUT2D eigenvalue weighted by atomic mass is 16.5. The number of carbonyl (C=O) groups excluding carboxylic acids is 1. The van der Waals surface area contributed by atoms with E-state index in [1.807, 2.05) is 0 Å². The Morgan fingerprint density at radius 1 is 0.889 bits per heavy atom. The van der Waals surface area contributed by atoms with Gasteiger partial charge in [0, 0.05) is 6.92 Å². The Morgan fingerprint density at radius 3 is 2.04 bits per heavy atom. The van der Waals surface area contributed by atoms with Crippen LogP contribution in [0.25, 0.3) is 0 Å². The van der Waals surface area contributed by atoms with Crippen molar-refractivity contribution in [2.24, 2.45) is 17.8 Å². The molecule has 0 aliphatic heterocycles. The highest BCUT2D eigenvalue weighted by Gasteiger charge is 2.09. The third-order valence-electron chi connectivity index (χ3n) is 5.77. The van der Waals surface area contributed by atoms with Crippen molar-refractivity contribution < 1.29 is 9.53 Å². The van der Waals surface area contributed by atoms with Gasteiger partial charge >= 0.3 is 5.97 Å². The zero-order chi connectivity index (χ0) is 20.2. The van der Waals surface area contributed by atoms with E-state index in [4.69, 9.17) is 4.74 Å². The summed E-state index contributed by atoms with van der Waals surface area (Å²) in [5, 5.41) is 0. The molecular weight excluding hydrogens is 332 g/mol. The molecule has 0 radical (unpaired) electrons. The summed E-state index contributed by atoms with van der Waals surface area (Å²) in [7, 11) is 0. The molecule has 0 amide bonds. The maximum absolute atomic E-state index is 11.0. The number of benzene rings is 1. The summed E-state index contributed by atoms with van der Waals surface area (Å²) in [6.07, 6.45) is 10.6. The average molecular weight is 375 g/mol. The maximum Gasteiger partial charge on any atom is 0.302 e. The van der Waals surface area contributed by atoms with Crippen molar-refractivity contribution in [1.82, 2.24) is 0 Å². The first-order chi connectivity index (χ1) is 12.8. The molecule has 0 saturated heterocycles. The quantitative estimate of drug-likeness (QED) is 0.340. The summed E-state index contributed by atoms with van der Waals surface area (Å²) in [5.41, 5.74) is 3.81. The maximum atomic E-state index is 11.0. The number of ether oxygens (including phenoxy) is 1. The third-order valence-corrected chi connectivity index (χ3v) is 5.77. The van der Waals surface area contributed by atoms with Gasteiger partial charge in [0.1, 0.15) is 6.61 Å². The standard InChI is InChI=1S/C25H42O2/c1-19(2)10-7-11-20(3)12-8-13-21(4)16-17-24-14-9-15-25(22(24)5)18-27-23(6)26/h9,14-15,19-21H,7-8,10-13,16-18H2,1-6H3. The summed E-state index contributed by atoms with van der Waals surface area (Å²) < 4.78 is 5.17. The molecule has 0 fully saturated rings. The first kappa shape index (κ1) is 23.7. The normalized spacial score (nSPS) is 13.6. The molecule has 0 aliphatic rings. The van der Waals surface area contributed by atoms with Crippen LogP contribution in [0.15, 0.2) is 18.2 Å². The van der Waals surface area contributed by atoms with Gasteiger partial charge in [0.25, 0.3) is 0 Å². The fourth-order valence-electron chi connectivity index (χ4n) is 3.72. The van der Waals surface area contributed by atoms with Gasteiger partial charge in [-0.1, -0.05) is 84.4 Å². The van der Waals surface area contributed by atoms with Gasteiger partial charge < -0.3 is 4.74 Å². The Morgan fingerprint density at radius 2 is 1.44 bits per heavy atom. The number of esters is 1. The van der Waals surface area contributed by atoms with Crippen molar-refractivity contribution in [3.63, 3.8) is 0 Å². The second kappa shape index (κ2) is 13.0. The molecule has 0 spiro atoms. The fraction of sp³-hybridized carbons (Fsp3) is 0.720. The second-order valence-corrected chi connectivity index (χ2v) is 8.99. The second-order valence-electron chi connectivity index (χ2n) is 8.99. The van der Waals surface area contributed by atoms with Crippen LogP contribution in [0.2, 0.25) is 0 Å². The molecule has 0 aliphatic carbocycles. The monoisotopic (exact) mass is 374 g/mol. The minimum atomic E-state index is -0.216. The highest BCUT2D eigenvalue weighted by molar-refractivity contribution is 5.66. The molecule has 2 atom stereocenters. The van der Waals surface area contributed by atoms with Gasteiger partial charge in [-0.05, 0) is 54.2 Å². The predicted molar refractivity (Wildman–Crippen MR) is 116 cm³/mol. The zero-order valence-corrected chi connectivity index (χ0v) is 18.6. The van der Waals surface area contributed by atoms with Crippen LogP contribution in [-0.4, -0.2) is 5.97 Å². The lowest BCUT2D eigenvalue weighted by Gasteiger charge is -2.16. The molecule has 0 bridgehead atoms. The summed E-state index contributed by atoms with van der Waals surface area (Å²) in [5.74, 6) is 2.26. The van der Waals surface area contributed by atoms with E-state index in [2.05, 4.69) is 52.8 Å². The van der Waals surface area contributed by atoms with Crippen molar-refractivity contribution in [2.45, 2.75) is 99.5 Å². The number of hydrogen-bond donors (Lipinski definition) is 0. The Kier molecular flexibility index (Phi) is 11.4. The van der Waals surface area contributed by atoms with E-state index in [0.717, 1.165) is 29.7 Å². The largest absolute Gasteiger partial charge is 0.461 e. The topological polar surface area (TPSA) is 26.3 Å². The minimum Gasteiger partial charge on any atom is -0.461 e. The summed E-state index contributed by atoms with van der Waals surface area (Å²) in [4.78, 5) is 11.0. The molecule has 2 unspecified atom stereocenters. The molecule has 1 aromatic carbocycles. The Balaban J connectivity index is 2.30. The minimum absolute atomic E-state index is 0.216. The lowest BCUT2D eigenvalue weighted by molar-refractivity contribution is -0.142. The number of rotatable bonds is 13. The molecule has 1 aromatic rings. The van der Waals surface area contributed by atoms with E-state index in [-0.39, 0.29) is 5.97 Å². The van der Waals surface area contributed by atoms with Crippen molar-refractivity contribution in [3.05, 3.63) is 34.9 Å². The molecule has 0 saturated carbocycles. The van der Waals surface area contributed by atoms with Gasteiger partial charge in [-0.25, -0.2) is 0 Å². The lowest BCUT2D eigenvalue weighted by Crippen LogP contribution is -2.04. The fourth-order valence-corrected chi connectivity index (χ4v) is 3.72. The van der Waals surface area contributed by atoms with E-state index in [1.54, 1.807) is 0 Å². The van der Waals surface area contributed by atoms with Gasteiger partial charge in [-0.2, -0.15) is 0 Å². The van der Waals surface area contributed by atoms with Gasteiger partial charge in [0.2, 0.25) is 0 Å². The summed E-state index contributed by atoms with van der Waals surface area (Å²) in [6, 6.07) is 6.37. The first-order valence-electron chi connectivity index (χ1n) is 11.0. The van der Waals surface area contributed by atoms with Gasteiger partial charge in [-0.3, -0.25) is 4.79 Å². The van der Waals surface area contributed by atoms with Crippen molar-refractivity contribution >= 4 is 5.97 Å². The van der Waals surface area contributed by atoms with Crippen molar-refractivity contribution in [2.75, 3.05) is 0 Å². The molecule has 0 aromatic heterocycles. The summed E-state index contributed by atoms with van der Waals surface area (Å²) in [6.45, 7) is 13.5. The van der Waals surface area contributed by atoms with Crippen LogP contribution >= 0.6 is 0 Å². The van der Waals surface area contributed by atoms with Crippen LogP contribution in [0.3, 0.4) is 0 Å². The summed E-state index contributed by atoms with van der Waals surface area (Å²) >= 11 is 0. The Bertz CT molecular complexity index is 547. The van der Waals surface area contributed by atoms with Crippen LogP contribution in [0.4, 0.5) is 0 Å². The Labute approximate surface area is 168 Å². The lowest BCUT2D eigenvalue weighted by atomic mass is 9.90. The van der Waals surface area contributed by atoms with Crippen molar-refractivity contribution in [1.29, 1.82) is 0 Å². The van der Waals surface area contributed by atoms with Crippen LogP contribution in [-0.2, 0) is 22.6 Å². The molecule has 1 rings (SSSR count). The van der Waals surface area contributed by atoms with Gasteiger partial charge in [0.05, 0.1) is 0 Å². The Hall–Kier alpha value is -1.31. The predicted octanol–water partition coefficient (Wildman–Crippen LogP) is 7.26. The van der Waals surface area contributed by atoms with Crippen LogP contribution < -0.4 is 0 Å². The molecule has 2 heteroatoms. The third kappa shape index (κ3) is 10.6. The SMILES string of the molecule is CC(=O)OCc1cccc(CCC(C)CCCC(C)CCCC(C)C)c1C. The zero-order valence-electron chi connectivity index (χ0n) is 18.6. The van der Waals surface area contributed by atoms with E-state index in [9.17, 15) is 4.79 Å². The van der Waals surface area contributed by atoms with E-state index in [1.165, 1.54) is 63.0 Å². The molecule has 27 heavy (non-hydrogen) atoms. The van der Waals surface area contributed by atoms with Crippen LogP contribution in [0, 0.1) is 24.7 Å². The van der Waals surface area contributed by atoms with Crippen molar-refractivity contribution in [3.8, 4) is 0 Å². The van der Waals surface area contributed by atoms with E-state index in [0.29, 0.717) is 6.61 Å². The highest BCUT2D eigenvalue weighted by Crippen LogP contribution is 2.23.